The molecule has 0 saturated carbocycles. The number of halogens is 1. The first-order valence-corrected chi connectivity index (χ1v) is 6.87. The number of allylic oxidation sites excluding steroid dienone is 2. The lowest BCUT2D eigenvalue weighted by atomic mass is 9.92. The molecule has 4 nitrogen and oxygen atoms in total. The van der Waals surface area contributed by atoms with E-state index in [0.29, 0.717) is 17.7 Å². The minimum absolute atomic E-state index is 0.0152. The van der Waals surface area contributed by atoms with Crippen LogP contribution in [0.15, 0.2) is 35.0 Å². The molecule has 0 amide bonds. The summed E-state index contributed by atoms with van der Waals surface area (Å²) in [5.41, 5.74) is 1.01. The summed E-state index contributed by atoms with van der Waals surface area (Å²) in [4.78, 5) is 26.5. The van der Waals surface area contributed by atoms with Crippen LogP contribution in [-0.2, 0) is 0 Å². The van der Waals surface area contributed by atoms with Crippen LogP contribution in [0, 0.1) is 0 Å². The fourth-order valence-electron chi connectivity index (χ4n) is 2.11. The van der Waals surface area contributed by atoms with E-state index in [2.05, 4.69) is 10.2 Å². The average molecular weight is 293 g/mol. The molecule has 1 aliphatic carbocycles. The topological polar surface area (TPSA) is 49.4 Å². The first kappa shape index (κ1) is 14.8. The summed E-state index contributed by atoms with van der Waals surface area (Å²) < 4.78 is 0. The molecule has 1 aromatic carbocycles. The third-order valence-corrected chi connectivity index (χ3v) is 3.51. The zero-order chi connectivity index (χ0) is 14.7. The zero-order valence-corrected chi connectivity index (χ0v) is 12.3. The van der Waals surface area contributed by atoms with Crippen molar-refractivity contribution in [3.05, 3.63) is 46.1 Å². The standard InChI is InChI=1S/C15H17ClN2O2/c1-18(2)9-5-8-17-13-12(16)14(19)10-6-3-4-7-11(10)15(13)20/h3-4,6-7,17H,5,8-9H2,1-2H3. The van der Waals surface area contributed by atoms with Crippen molar-refractivity contribution < 1.29 is 9.59 Å². The van der Waals surface area contributed by atoms with Gasteiger partial charge in [0.2, 0.25) is 11.6 Å². The molecule has 1 aliphatic rings. The largest absolute Gasteiger partial charge is 0.380 e. The van der Waals surface area contributed by atoms with Crippen molar-refractivity contribution in [1.29, 1.82) is 0 Å². The molecule has 0 aromatic heterocycles. The summed E-state index contributed by atoms with van der Waals surface area (Å²) in [6.45, 7) is 1.50. The van der Waals surface area contributed by atoms with Gasteiger partial charge in [0.1, 0.15) is 10.7 Å². The van der Waals surface area contributed by atoms with Crippen LogP contribution in [0.5, 0.6) is 0 Å². The van der Waals surface area contributed by atoms with Crippen molar-refractivity contribution in [1.82, 2.24) is 10.2 Å². The molecule has 1 aromatic rings. The number of nitrogens with one attached hydrogen (secondary N) is 1. The van der Waals surface area contributed by atoms with Crippen molar-refractivity contribution >= 4 is 23.2 Å². The van der Waals surface area contributed by atoms with Gasteiger partial charge >= 0.3 is 0 Å². The Balaban J connectivity index is 2.15. The maximum Gasteiger partial charge on any atom is 0.211 e. The Morgan fingerprint density at radius 3 is 2.30 bits per heavy atom. The molecule has 0 fully saturated rings. The molecule has 2 rings (SSSR count). The van der Waals surface area contributed by atoms with Crippen LogP contribution in [-0.4, -0.2) is 43.7 Å². The number of hydrogen-bond acceptors (Lipinski definition) is 4. The van der Waals surface area contributed by atoms with E-state index in [1.165, 1.54) is 0 Å². The number of rotatable bonds is 5. The van der Waals surface area contributed by atoms with Crippen LogP contribution >= 0.6 is 11.6 Å². The molecule has 0 radical (unpaired) electrons. The van der Waals surface area contributed by atoms with Crippen LogP contribution in [0.2, 0.25) is 0 Å². The number of ketones is 2. The lowest BCUT2D eigenvalue weighted by Crippen LogP contribution is -2.30. The highest BCUT2D eigenvalue weighted by molar-refractivity contribution is 6.49. The van der Waals surface area contributed by atoms with Gasteiger partial charge in [-0.15, -0.1) is 0 Å². The van der Waals surface area contributed by atoms with E-state index in [1.807, 2.05) is 14.1 Å². The first-order chi connectivity index (χ1) is 9.52. The third kappa shape index (κ3) is 2.92. The van der Waals surface area contributed by atoms with Crippen molar-refractivity contribution in [2.75, 3.05) is 27.2 Å². The van der Waals surface area contributed by atoms with Gasteiger partial charge in [0, 0.05) is 17.7 Å². The van der Waals surface area contributed by atoms with Crippen molar-refractivity contribution in [3.8, 4) is 0 Å². The third-order valence-electron chi connectivity index (χ3n) is 3.15. The van der Waals surface area contributed by atoms with E-state index in [4.69, 9.17) is 11.6 Å². The zero-order valence-electron chi connectivity index (χ0n) is 11.6. The van der Waals surface area contributed by atoms with E-state index in [0.717, 1.165) is 13.0 Å². The fraction of sp³-hybridized carbons (Fsp3) is 0.333. The van der Waals surface area contributed by atoms with Gasteiger partial charge in [-0.1, -0.05) is 35.9 Å². The van der Waals surface area contributed by atoms with Gasteiger partial charge in [-0.05, 0) is 27.1 Å². The summed E-state index contributed by atoms with van der Waals surface area (Å²) in [5.74, 6) is -0.507. The first-order valence-electron chi connectivity index (χ1n) is 6.49. The maximum atomic E-state index is 12.3. The Morgan fingerprint density at radius 1 is 1.10 bits per heavy atom. The van der Waals surface area contributed by atoms with Crippen molar-refractivity contribution in [2.45, 2.75) is 6.42 Å². The summed E-state index contributed by atoms with van der Waals surface area (Å²) >= 11 is 6.03. The van der Waals surface area contributed by atoms with Crippen LogP contribution in [0.1, 0.15) is 27.1 Å². The molecule has 0 aliphatic heterocycles. The van der Waals surface area contributed by atoms with Crippen LogP contribution in [0.25, 0.3) is 0 Å². The Labute approximate surface area is 123 Å². The minimum Gasteiger partial charge on any atom is -0.380 e. The number of fused-ring (bicyclic) bond motifs is 1. The molecule has 1 N–H and O–H groups in total. The predicted molar refractivity (Wildman–Crippen MR) is 79.2 cm³/mol. The number of nitrogens with zero attached hydrogens (tertiary/aromatic N) is 1. The van der Waals surface area contributed by atoms with E-state index in [-0.39, 0.29) is 22.3 Å². The number of benzene rings is 1. The molecule has 0 spiro atoms. The van der Waals surface area contributed by atoms with Gasteiger partial charge in [-0.3, -0.25) is 9.59 Å². The minimum atomic E-state index is -0.294. The van der Waals surface area contributed by atoms with E-state index < -0.39 is 0 Å². The summed E-state index contributed by atoms with van der Waals surface area (Å²) in [7, 11) is 3.97. The Bertz CT molecular complexity index is 579. The van der Waals surface area contributed by atoms with Gasteiger partial charge in [0.05, 0.1) is 0 Å². The Morgan fingerprint density at radius 2 is 1.70 bits per heavy atom. The molecule has 0 unspecified atom stereocenters. The second kappa shape index (κ2) is 6.20. The lowest BCUT2D eigenvalue weighted by molar-refractivity contribution is 0.0974. The molecular formula is C15H17ClN2O2. The molecule has 0 saturated heterocycles. The average Bonchev–Trinajstić information content (AvgIpc) is 2.44. The van der Waals surface area contributed by atoms with Crippen LogP contribution in [0.3, 0.4) is 0 Å². The summed E-state index contributed by atoms with van der Waals surface area (Å²) in [6, 6.07) is 6.75. The quantitative estimate of drug-likeness (QED) is 0.844. The molecule has 0 heterocycles. The molecule has 20 heavy (non-hydrogen) atoms. The predicted octanol–water partition coefficient (Wildman–Crippen LogP) is 2.06. The monoisotopic (exact) mass is 292 g/mol. The second-order valence-corrected chi connectivity index (χ2v) is 5.35. The van der Waals surface area contributed by atoms with Crippen LogP contribution in [0.4, 0.5) is 0 Å². The molecule has 0 atom stereocenters. The molecule has 106 valence electrons. The summed E-state index contributed by atoms with van der Waals surface area (Å²) in [6.07, 6.45) is 0.865. The Kier molecular flexibility index (Phi) is 4.57. The highest BCUT2D eigenvalue weighted by Gasteiger charge is 2.30. The number of Topliss-reactive ketones (excluding diaryl/α,β-unsaturated/α-hetero) is 2. The van der Waals surface area contributed by atoms with Crippen molar-refractivity contribution in [3.63, 3.8) is 0 Å². The maximum absolute atomic E-state index is 12.3. The Hall–Kier alpha value is -1.65. The SMILES string of the molecule is CN(C)CCCNC1=C(Cl)C(=O)c2ccccc2C1=O. The van der Waals surface area contributed by atoms with E-state index in [9.17, 15) is 9.59 Å². The lowest BCUT2D eigenvalue weighted by Gasteiger charge is -2.19. The fourth-order valence-corrected chi connectivity index (χ4v) is 2.37. The molecule has 5 heteroatoms. The normalized spacial score (nSPS) is 14.8. The smallest absolute Gasteiger partial charge is 0.211 e. The molecule has 0 bridgehead atoms. The van der Waals surface area contributed by atoms with E-state index >= 15 is 0 Å². The summed E-state index contributed by atoms with van der Waals surface area (Å²) in [5, 5.41) is 2.98. The number of carbonyl (C=O) groups is 2. The van der Waals surface area contributed by atoms with Gasteiger partial charge < -0.3 is 10.2 Å². The van der Waals surface area contributed by atoms with Gasteiger partial charge in [0.25, 0.3) is 0 Å². The van der Waals surface area contributed by atoms with Gasteiger partial charge in [-0.25, -0.2) is 0 Å². The van der Waals surface area contributed by atoms with E-state index in [1.54, 1.807) is 24.3 Å². The van der Waals surface area contributed by atoms with Gasteiger partial charge in [-0.2, -0.15) is 0 Å². The second-order valence-electron chi connectivity index (χ2n) is 4.98. The van der Waals surface area contributed by atoms with Crippen molar-refractivity contribution in [2.24, 2.45) is 0 Å². The molecular weight excluding hydrogens is 276 g/mol. The van der Waals surface area contributed by atoms with Crippen LogP contribution < -0.4 is 5.32 Å². The number of hydrogen-bond donors (Lipinski definition) is 1. The number of carbonyl (C=O) groups excluding carboxylic acids is 2. The highest BCUT2D eigenvalue weighted by Crippen LogP contribution is 2.26. The van der Waals surface area contributed by atoms with Gasteiger partial charge in [0.15, 0.2) is 0 Å². The highest BCUT2D eigenvalue weighted by atomic mass is 35.5.